The smallest absolute Gasteiger partial charge is 0.339 e. The molecule has 1 N–H and O–H groups in total. The molecule has 8 nitrogen and oxygen atoms in total. The quantitative estimate of drug-likeness (QED) is 0.193. The van der Waals surface area contributed by atoms with E-state index in [4.69, 9.17) is 4.74 Å². The predicted molar refractivity (Wildman–Crippen MR) is 149 cm³/mol. The molecule has 0 saturated carbocycles. The van der Waals surface area contributed by atoms with Gasteiger partial charge >= 0.3 is 5.97 Å². The second-order valence-electron chi connectivity index (χ2n) is 10.6. The van der Waals surface area contributed by atoms with E-state index in [-0.39, 0.29) is 11.6 Å². The maximum Gasteiger partial charge on any atom is 0.339 e. The number of pyridine rings is 1. The number of aromatic nitrogens is 1. The number of aliphatic carboxylic acids is 1. The van der Waals surface area contributed by atoms with Crippen molar-refractivity contribution in [1.82, 2.24) is 4.57 Å². The van der Waals surface area contributed by atoms with Crippen LogP contribution in [0.4, 0.5) is 0 Å². The number of benzene rings is 2. The van der Waals surface area contributed by atoms with Gasteiger partial charge in [-0.25, -0.2) is 4.79 Å². The van der Waals surface area contributed by atoms with Crippen LogP contribution in [-0.4, -0.2) is 34.1 Å². The molecule has 0 radical (unpaired) electrons. The summed E-state index contributed by atoms with van der Waals surface area (Å²) < 4.78 is 7.43. The van der Waals surface area contributed by atoms with Crippen molar-refractivity contribution in [1.29, 1.82) is 0 Å². The highest BCUT2D eigenvalue weighted by Gasteiger charge is 2.33. The summed E-state index contributed by atoms with van der Waals surface area (Å²) in [6.07, 6.45) is 0.419. The molecule has 2 atom stereocenters. The van der Waals surface area contributed by atoms with Crippen molar-refractivity contribution in [2.45, 2.75) is 72.1 Å². The van der Waals surface area contributed by atoms with E-state index in [2.05, 4.69) is 10.2 Å². The fraction of sp³-hybridized carbons (Fsp3) is 0.433. The Hall–Kier alpha value is -3.65. The summed E-state index contributed by atoms with van der Waals surface area (Å²) in [5.41, 5.74) is 3.58. The van der Waals surface area contributed by atoms with Crippen LogP contribution in [0.15, 0.2) is 51.4 Å². The number of aldehydes is 1. The summed E-state index contributed by atoms with van der Waals surface area (Å²) in [6, 6.07) is 11.3. The second-order valence-corrected chi connectivity index (χ2v) is 10.6. The van der Waals surface area contributed by atoms with E-state index in [1.165, 1.54) is 4.57 Å². The van der Waals surface area contributed by atoms with Crippen molar-refractivity contribution in [3.05, 3.63) is 69.1 Å². The third kappa shape index (κ3) is 6.25. The zero-order valence-corrected chi connectivity index (χ0v) is 23.2. The van der Waals surface area contributed by atoms with Crippen LogP contribution in [0.3, 0.4) is 0 Å². The van der Waals surface area contributed by atoms with Gasteiger partial charge < -0.3 is 19.2 Å². The van der Waals surface area contributed by atoms with E-state index in [0.717, 1.165) is 28.5 Å². The lowest BCUT2D eigenvalue weighted by atomic mass is 9.89. The second kappa shape index (κ2) is 11.8. The largest absolute Gasteiger partial charge is 0.479 e. The molecular formula is C30H37N3O5. The van der Waals surface area contributed by atoms with Gasteiger partial charge in [-0.15, -0.1) is 0 Å². The summed E-state index contributed by atoms with van der Waals surface area (Å²) in [6.45, 7) is 11.7. The number of azo groups is 1. The molecule has 3 rings (SSSR count). The van der Waals surface area contributed by atoms with Crippen molar-refractivity contribution in [2.75, 3.05) is 6.54 Å². The first kappa shape index (κ1) is 28.9. The monoisotopic (exact) mass is 519 g/mol. The summed E-state index contributed by atoms with van der Waals surface area (Å²) in [7, 11) is 1.59. The number of carboxylic acids is 1. The molecule has 2 aromatic carbocycles. The van der Waals surface area contributed by atoms with Gasteiger partial charge in [0, 0.05) is 24.4 Å². The Morgan fingerprint density at radius 2 is 1.84 bits per heavy atom. The molecule has 0 bridgehead atoms. The lowest BCUT2D eigenvalue weighted by molar-refractivity contribution is -0.161. The van der Waals surface area contributed by atoms with Crippen molar-refractivity contribution in [2.24, 2.45) is 17.3 Å². The van der Waals surface area contributed by atoms with E-state index >= 15 is 0 Å². The average Bonchev–Trinajstić information content (AvgIpc) is 2.84. The van der Waals surface area contributed by atoms with Crippen molar-refractivity contribution < 1.29 is 19.4 Å². The number of aryl methyl sites for hydroxylation is 2. The van der Waals surface area contributed by atoms with Crippen LogP contribution in [0.25, 0.3) is 21.9 Å². The minimum Gasteiger partial charge on any atom is -0.479 e. The van der Waals surface area contributed by atoms with E-state index < -0.39 is 17.7 Å². The Morgan fingerprint density at radius 1 is 1.13 bits per heavy atom. The van der Waals surface area contributed by atoms with Gasteiger partial charge in [0.15, 0.2) is 6.10 Å². The molecule has 0 aliphatic carbocycles. The Labute approximate surface area is 223 Å². The van der Waals surface area contributed by atoms with Crippen LogP contribution in [0, 0.1) is 13.8 Å². The minimum absolute atomic E-state index is 0.268. The summed E-state index contributed by atoms with van der Waals surface area (Å²) in [5, 5.41) is 19.9. The number of carboxylic acid groups (broad SMARTS) is 1. The highest BCUT2D eigenvalue weighted by atomic mass is 16.5. The van der Waals surface area contributed by atoms with Crippen LogP contribution >= 0.6 is 0 Å². The molecule has 0 fully saturated rings. The first-order chi connectivity index (χ1) is 17.9. The van der Waals surface area contributed by atoms with Crippen molar-refractivity contribution in [3.63, 3.8) is 0 Å². The number of rotatable bonds is 10. The number of carbonyl (C=O) groups excluding carboxylic acids is 1. The zero-order valence-electron chi connectivity index (χ0n) is 23.2. The topological polar surface area (TPSA) is 110 Å². The predicted octanol–water partition coefficient (Wildman–Crippen LogP) is 6.26. The third-order valence-corrected chi connectivity index (χ3v) is 6.40. The highest BCUT2D eigenvalue weighted by Crippen LogP contribution is 2.39. The number of nitrogens with zero attached hydrogens (tertiary/aromatic N) is 3. The number of fused-ring (bicyclic) bond motifs is 1. The summed E-state index contributed by atoms with van der Waals surface area (Å²) in [5.74, 6) is -1.17. The van der Waals surface area contributed by atoms with Crippen LogP contribution < -0.4 is 5.56 Å². The standard InChI is InChI=1S/C30H37N3O5/c1-8-24(32-31-14-9-15-34)20-11-13-22-23(17-20)28(35)33(7)26(27(29(36)37)38-30(4,5)6)25(22)21-12-10-18(2)16-19(21)3/h10-13,15-17,24,27H,8-9,14H2,1-7H3,(H,36,37). The molecule has 38 heavy (non-hydrogen) atoms. The minimum atomic E-state index is -1.36. The number of hydrogen-bond donors (Lipinski definition) is 1. The summed E-state index contributed by atoms with van der Waals surface area (Å²) >= 11 is 0. The average molecular weight is 520 g/mol. The molecule has 0 saturated heterocycles. The SMILES string of the molecule is CCC(N=NCCC=O)c1ccc2c(-c3ccc(C)cc3C)c(C(OC(C)(C)C)C(=O)O)n(C)c(=O)c2c1. The number of carbonyl (C=O) groups is 2. The molecule has 0 aliphatic rings. The third-order valence-electron chi connectivity index (χ3n) is 6.40. The molecule has 1 heterocycles. The van der Waals surface area contributed by atoms with Gasteiger partial charge in [-0.3, -0.25) is 4.79 Å². The Morgan fingerprint density at radius 3 is 2.42 bits per heavy atom. The van der Waals surface area contributed by atoms with E-state index in [0.29, 0.717) is 41.4 Å². The van der Waals surface area contributed by atoms with Gasteiger partial charge in [0.1, 0.15) is 6.29 Å². The van der Waals surface area contributed by atoms with Gasteiger partial charge in [-0.1, -0.05) is 42.8 Å². The fourth-order valence-electron chi connectivity index (χ4n) is 4.67. The lowest BCUT2D eigenvalue weighted by Crippen LogP contribution is -2.33. The van der Waals surface area contributed by atoms with Crippen LogP contribution in [0.1, 0.15) is 75.1 Å². The molecule has 1 aromatic heterocycles. The lowest BCUT2D eigenvalue weighted by Gasteiger charge is -2.29. The van der Waals surface area contributed by atoms with Gasteiger partial charge in [-0.2, -0.15) is 10.2 Å². The molecule has 0 spiro atoms. The number of hydrogen-bond acceptors (Lipinski definition) is 6. The van der Waals surface area contributed by atoms with Crippen LogP contribution in [0.2, 0.25) is 0 Å². The maximum atomic E-state index is 13.7. The first-order valence-electron chi connectivity index (χ1n) is 12.8. The summed E-state index contributed by atoms with van der Waals surface area (Å²) in [4.78, 5) is 36.9. The van der Waals surface area contributed by atoms with Gasteiger partial charge in [0.05, 0.1) is 23.9 Å². The molecule has 2 unspecified atom stereocenters. The molecule has 202 valence electrons. The van der Waals surface area contributed by atoms with E-state index in [9.17, 15) is 19.5 Å². The van der Waals surface area contributed by atoms with Crippen molar-refractivity contribution in [3.8, 4) is 11.1 Å². The van der Waals surface area contributed by atoms with E-state index in [1.807, 2.05) is 57.2 Å². The van der Waals surface area contributed by atoms with Crippen LogP contribution in [-0.2, 0) is 21.4 Å². The first-order valence-corrected chi connectivity index (χ1v) is 12.8. The van der Waals surface area contributed by atoms with Gasteiger partial charge in [-0.05, 0) is 69.2 Å². The fourth-order valence-corrected chi connectivity index (χ4v) is 4.67. The molecule has 0 aliphatic heterocycles. The Bertz CT molecular complexity index is 1430. The van der Waals surface area contributed by atoms with Crippen LogP contribution in [0.5, 0.6) is 0 Å². The molecule has 0 amide bonds. The van der Waals surface area contributed by atoms with E-state index in [1.54, 1.807) is 27.8 Å². The Kier molecular flexibility index (Phi) is 8.99. The van der Waals surface area contributed by atoms with Gasteiger partial charge in [0.2, 0.25) is 0 Å². The molecule has 8 heteroatoms. The Balaban J connectivity index is 2.38. The molecule has 3 aromatic rings. The molecular weight excluding hydrogens is 482 g/mol. The number of ether oxygens (including phenoxy) is 1. The van der Waals surface area contributed by atoms with Crippen molar-refractivity contribution >= 4 is 23.0 Å². The normalized spacial score (nSPS) is 13.7. The maximum absolute atomic E-state index is 13.7. The zero-order chi connectivity index (χ0) is 28.2. The highest BCUT2D eigenvalue weighted by molar-refractivity contribution is 6.00. The van der Waals surface area contributed by atoms with Gasteiger partial charge in [0.25, 0.3) is 5.56 Å².